The number of amides is 1. The van der Waals surface area contributed by atoms with Crippen LogP contribution in [0.3, 0.4) is 0 Å². The maximum Gasteiger partial charge on any atom is 0.417 e. The van der Waals surface area contributed by atoms with E-state index in [0.29, 0.717) is 17.5 Å². The van der Waals surface area contributed by atoms with Crippen molar-refractivity contribution in [1.29, 1.82) is 0 Å². The lowest BCUT2D eigenvalue weighted by Crippen LogP contribution is -2.30. The maximum atomic E-state index is 13.0. The Morgan fingerprint density at radius 1 is 0.971 bits per heavy atom. The Labute approximate surface area is 199 Å². The summed E-state index contributed by atoms with van der Waals surface area (Å²) in [7, 11) is -4.19. The van der Waals surface area contributed by atoms with Crippen LogP contribution in [0.5, 0.6) is 5.75 Å². The number of carbonyl (C=O) groups is 1. The van der Waals surface area contributed by atoms with Crippen LogP contribution in [-0.2, 0) is 21.0 Å². The second kappa shape index (κ2) is 9.94. The predicted octanol–water partition coefficient (Wildman–Crippen LogP) is 5.87. The number of hydrogen-bond acceptors (Lipinski definition) is 4. The number of halogens is 4. The van der Waals surface area contributed by atoms with E-state index in [1.807, 2.05) is 19.1 Å². The van der Waals surface area contributed by atoms with Crippen LogP contribution in [-0.4, -0.2) is 20.4 Å². The van der Waals surface area contributed by atoms with Gasteiger partial charge in [-0.2, -0.15) is 13.2 Å². The van der Waals surface area contributed by atoms with Gasteiger partial charge in [-0.05, 0) is 68.4 Å². The number of ether oxygens (including phenoxy) is 1. The van der Waals surface area contributed by atoms with Crippen LogP contribution in [0, 0.1) is 6.92 Å². The highest BCUT2D eigenvalue weighted by atomic mass is 35.5. The van der Waals surface area contributed by atoms with Gasteiger partial charge < -0.3 is 10.1 Å². The molecule has 1 atom stereocenters. The number of alkyl halides is 3. The number of rotatable bonds is 7. The number of hydrogen-bond donors (Lipinski definition) is 2. The average molecular weight is 513 g/mol. The standard InChI is InChI=1S/C23H20ClF3N2O4S/c1-14-3-8-18(9-4-14)33-15(2)22(30)28-16-5-10-19(11-6-16)34(31,32)29-17-7-12-21(24)20(13-17)23(25,26)27/h3-13,15,29H,1-2H3,(H,28,30)/t15-/m0/s1. The Morgan fingerprint density at radius 3 is 2.15 bits per heavy atom. The summed E-state index contributed by atoms with van der Waals surface area (Å²) >= 11 is 5.56. The quantitative estimate of drug-likeness (QED) is 0.414. The van der Waals surface area contributed by atoms with Crippen molar-refractivity contribution in [3.63, 3.8) is 0 Å². The zero-order valence-electron chi connectivity index (χ0n) is 18.0. The van der Waals surface area contributed by atoms with Gasteiger partial charge in [0.1, 0.15) is 5.75 Å². The van der Waals surface area contributed by atoms with Crippen molar-refractivity contribution in [3.05, 3.63) is 82.9 Å². The van der Waals surface area contributed by atoms with Gasteiger partial charge in [-0.15, -0.1) is 0 Å². The van der Waals surface area contributed by atoms with Crippen molar-refractivity contribution in [2.75, 3.05) is 10.0 Å². The molecule has 0 spiro atoms. The lowest BCUT2D eigenvalue weighted by atomic mass is 10.2. The first-order valence-electron chi connectivity index (χ1n) is 9.89. The third-order valence-corrected chi connectivity index (χ3v) is 6.39. The van der Waals surface area contributed by atoms with Gasteiger partial charge in [-0.1, -0.05) is 29.3 Å². The minimum absolute atomic E-state index is 0.210. The lowest BCUT2D eigenvalue weighted by Gasteiger charge is -2.15. The van der Waals surface area contributed by atoms with Gasteiger partial charge in [0.2, 0.25) is 0 Å². The molecule has 3 rings (SSSR count). The summed E-state index contributed by atoms with van der Waals surface area (Å²) in [5.74, 6) is 0.0757. The topological polar surface area (TPSA) is 84.5 Å². The fourth-order valence-corrected chi connectivity index (χ4v) is 4.13. The molecule has 34 heavy (non-hydrogen) atoms. The van der Waals surface area contributed by atoms with Crippen molar-refractivity contribution >= 4 is 38.9 Å². The van der Waals surface area contributed by atoms with E-state index < -0.39 is 38.8 Å². The lowest BCUT2D eigenvalue weighted by molar-refractivity contribution is -0.137. The molecule has 3 aromatic carbocycles. The molecule has 6 nitrogen and oxygen atoms in total. The molecule has 0 aliphatic heterocycles. The normalized spacial score (nSPS) is 12.6. The number of anilines is 2. The smallest absolute Gasteiger partial charge is 0.417 e. The van der Waals surface area contributed by atoms with E-state index in [1.165, 1.54) is 24.3 Å². The van der Waals surface area contributed by atoms with Crippen molar-refractivity contribution in [3.8, 4) is 5.75 Å². The Kier molecular flexibility index (Phi) is 7.42. The summed E-state index contributed by atoms with van der Waals surface area (Å²) in [5.41, 5.74) is -0.0921. The van der Waals surface area contributed by atoms with Crippen LogP contribution < -0.4 is 14.8 Å². The van der Waals surface area contributed by atoms with Crippen molar-refractivity contribution in [1.82, 2.24) is 0 Å². The summed E-state index contributed by atoms with van der Waals surface area (Å²) in [5, 5.41) is 2.07. The van der Waals surface area contributed by atoms with E-state index in [2.05, 4.69) is 10.0 Å². The zero-order valence-corrected chi connectivity index (χ0v) is 19.6. The number of benzene rings is 3. The fraction of sp³-hybridized carbons (Fsp3) is 0.174. The molecule has 2 N–H and O–H groups in total. The minimum Gasteiger partial charge on any atom is -0.481 e. The number of sulfonamides is 1. The molecule has 0 aliphatic carbocycles. The third kappa shape index (κ3) is 6.42. The SMILES string of the molecule is Cc1ccc(O[C@@H](C)C(=O)Nc2ccc(S(=O)(=O)Nc3ccc(Cl)c(C(F)(F)F)c3)cc2)cc1. The molecular weight excluding hydrogens is 493 g/mol. The number of nitrogens with one attached hydrogen (secondary N) is 2. The molecule has 0 aromatic heterocycles. The Hall–Kier alpha value is -3.24. The number of carbonyl (C=O) groups excluding carboxylic acids is 1. The summed E-state index contributed by atoms with van der Waals surface area (Å²) in [6.45, 7) is 3.49. The molecule has 180 valence electrons. The molecule has 0 aliphatic rings. The molecule has 3 aromatic rings. The number of aryl methyl sites for hydroxylation is 1. The first-order chi connectivity index (χ1) is 15.8. The summed E-state index contributed by atoms with van der Waals surface area (Å²) < 4.78 is 71.9. The predicted molar refractivity (Wildman–Crippen MR) is 124 cm³/mol. The molecule has 0 radical (unpaired) electrons. The van der Waals surface area contributed by atoms with E-state index in [-0.39, 0.29) is 10.6 Å². The van der Waals surface area contributed by atoms with Crippen LogP contribution in [0.15, 0.2) is 71.6 Å². The van der Waals surface area contributed by atoms with E-state index in [4.69, 9.17) is 16.3 Å². The Balaban J connectivity index is 1.67. The van der Waals surface area contributed by atoms with Crippen LogP contribution in [0.25, 0.3) is 0 Å². The van der Waals surface area contributed by atoms with Gasteiger partial charge in [-0.3, -0.25) is 9.52 Å². The van der Waals surface area contributed by atoms with Crippen LogP contribution in [0.4, 0.5) is 24.5 Å². The van der Waals surface area contributed by atoms with E-state index >= 15 is 0 Å². The van der Waals surface area contributed by atoms with Crippen LogP contribution in [0.1, 0.15) is 18.1 Å². The minimum atomic E-state index is -4.74. The highest BCUT2D eigenvalue weighted by Crippen LogP contribution is 2.36. The molecular formula is C23H20ClF3N2O4S. The molecule has 0 unspecified atom stereocenters. The van der Waals surface area contributed by atoms with Crippen molar-refractivity contribution in [2.45, 2.75) is 31.0 Å². The van der Waals surface area contributed by atoms with E-state index in [1.54, 1.807) is 19.1 Å². The molecule has 0 bridgehead atoms. The Bertz CT molecular complexity index is 1280. The molecule has 1 amide bonds. The van der Waals surface area contributed by atoms with Crippen molar-refractivity contribution in [2.24, 2.45) is 0 Å². The summed E-state index contributed by atoms with van der Waals surface area (Å²) in [6.07, 6.45) is -5.56. The highest BCUT2D eigenvalue weighted by molar-refractivity contribution is 7.92. The van der Waals surface area contributed by atoms with Crippen LogP contribution in [0.2, 0.25) is 5.02 Å². The van der Waals surface area contributed by atoms with Gasteiger partial charge in [0.05, 0.1) is 15.5 Å². The Morgan fingerprint density at radius 2 is 1.56 bits per heavy atom. The van der Waals surface area contributed by atoms with Gasteiger partial charge in [0.25, 0.3) is 15.9 Å². The van der Waals surface area contributed by atoms with Gasteiger partial charge in [-0.25, -0.2) is 8.42 Å². The molecule has 0 saturated carbocycles. The maximum absolute atomic E-state index is 13.0. The fourth-order valence-electron chi connectivity index (χ4n) is 2.86. The van der Waals surface area contributed by atoms with Gasteiger partial charge >= 0.3 is 6.18 Å². The first kappa shape index (κ1) is 25.4. The monoisotopic (exact) mass is 512 g/mol. The van der Waals surface area contributed by atoms with Crippen LogP contribution >= 0.6 is 11.6 Å². The molecule has 0 heterocycles. The summed E-state index contributed by atoms with van der Waals surface area (Å²) in [6, 6.07) is 15.0. The second-order valence-electron chi connectivity index (χ2n) is 7.38. The molecule has 11 heteroatoms. The van der Waals surface area contributed by atoms with E-state index in [9.17, 15) is 26.4 Å². The zero-order chi connectivity index (χ0) is 25.1. The van der Waals surface area contributed by atoms with Gasteiger partial charge in [0, 0.05) is 11.4 Å². The van der Waals surface area contributed by atoms with Crippen molar-refractivity contribution < 1.29 is 31.1 Å². The van der Waals surface area contributed by atoms with Gasteiger partial charge in [0.15, 0.2) is 6.10 Å². The first-order valence-corrected chi connectivity index (χ1v) is 11.7. The summed E-state index contributed by atoms with van der Waals surface area (Å²) in [4.78, 5) is 12.2. The second-order valence-corrected chi connectivity index (χ2v) is 9.47. The molecule has 0 saturated heterocycles. The third-order valence-electron chi connectivity index (χ3n) is 4.66. The largest absolute Gasteiger partial charge is 0.481 e. The molecule has 0 fully saturated rings. The van der Waals surface area contributed by atoms with E-state index in [0.717, 1.165) is 17.7 Å². The highest BCUT2D eigenvalue weighted by Gasteiger charge is 2.33. The average Bonchev–Trinajstić information content (AvgIpc) is 2.76.